The number of benzene rings is 3. The molecular weight excluding hydrogens is 872 g/mol. The van der Waals surface area contributed by atoms with Crippen LogP contribution in [0.15, 0.2) is 84.0 Å². The van der Waals surface area contributed by atoms with E-state index in [0.29, 0.717) is 99.3 Å². The number of aryl methyl sites for hydroxylation is 2. The third-order valence-corrected chi connectivity index (χ3v) is 12.7. The lowest BCUT2D eigenvalue weighted by Crippen LogP contribution is -2.51. The van der Waals surface area contributed by atoms with E-state index in [0.717, 1.165) is 38.1 Å². The quantitative estimate of drug-likeness (QED) is 0.0587. The van der Waals surface area contributed by atoms with Gasteiger partial charge in [0.15, 0.2) is 5.82 Å². The number of carbonyl (C=O) groups is 4. The van der Waals surface area contributed by atoms with Gasteiger partial charge in [0.1, 0.15) is 35.3 Å². The van der Waals surface area contributed by atoms with E-state index in [1.807, 2.05) is 35.8 Å². The van der Waals surface area contributed by atoms with Crippen LogP contribution in [0.1, 0.15) is 79.2 Å². The topological polar surface area (TPSA) is 188 Å². The van der Waals surface area contributed by atoms with Crippen LogP contribution >= 0.6 is 22.9 Å². The average Bonchev–Trinajstić information content (AvgIpc) is 3.87. The maximum absolute atomic E-state index is 13.5. The number of allylic oxidation sites excluding steroid dienone is 1. The number of rotatable bonds is 19. The third kappa shape index (κ3) is 10.0. The molecule has 2 aromatic heterocycles. The van der Waals surface area contributed by atoms with E-state index < -0.39 is 29.8 Å². The fourth-order valence-electron chi connectivity index (χ4n) is 7.92. The van der Waals surface area contributed by atoms with E-state index in [1.54, 1.807) is 53.8 Å². The van der Waals surface area contributed by atoms with Crippen LogP contribution in [-0.4, -0.2) is 108 Å². The van der Waals surface area contributed by atoms with Gasteiger partial charge in [-0.3, -0.25) is 33.6 Å². The summed E-state index contributed by atoms with van der Waals surface area (Å²) in [4.78, 5) is 59.9. The Bertz CT molecular complexity index is 2640. The van der Waals surface area contributed by atoms with Crippen LogP contribution in [0.4, 0.5) is 11.4 Å². The number of thiophene rings is 1. The predicted molar refractivity (Wildman–Crippen MR) is 247 cm³/mol. The second-order valence-electron chi connectivity index (χ2n) is 15.6. The normalized spacial score (nSPS) is 16.7. The molecule has 16 nitrogen and oxygen atoms in total. The standard InChI is InChI=1S/C47H49ClN8O8S/c1-27-8-17-38(44(58)50-27)56-45(59)35-6-5-7-36(41(35)46(56)60)49-18-19-61-20-21-62-22-23-63-24-25-64-34-15-13-33(14-16-34)51-39(57)26-37-43-54-53-30(4)55(43)47-40(28(2)29(3)65-47)42(52-37)31-9-11-32(48)12-10-31/h5-7,9-16,37-38,49H,1,8,17-26H2,2-4H3,(H,50,58)(H,51,57)/t37-,38?/m0/s1. The van der Waals surface area contributed by atoms with Crippen molar-refractivity contribution in [1.29, 1.82) is 0 Å². The van der Waals surface area contributed by atoms with Gasteiger partial charge >= 0.3 is 0 Å². The average molecular weight is 921 g/mol. The Morgan fingerprint density at radius 1 is 0.877 bits per heavy atom. The highest BCUT2D eigenvalue weighted by molar-refractivity contribution is 7.15. The number of imide groups is 1. The van der Waals surface area contributed by atoms with Crippen LogP contribution in [-0.2, 0) is 23.8 Å². The minimum Gasteiger partial charge on any atom is -0.491 e. The molecular formula is C47H49ClN8O8S. The predicted octanol–water partition coefficient (Wildman–Crippen LogP) is 6.76. The van der Waals surface area contributed by atoms with E-state index in [9.17, 15) is 19.2 Å². The molecule has 0 aliphatic carbocycles. The molecule has 65 heavy (non-hydrogen) atoms. The lowest BCUT2D eigenvalue weighted by Gasteiger charge is -2.29. The van der Waals surface area contributed by atoms with Gasteiger partial charge in [0.05, 0.1) is 62.9 Å². The van der Waals surface area contributed by atoms with Crippen molar-refractivity contribution in [2.45, 2.75) is 52.1 Å². The van der Waals surface area contributed by atoms with Gasteiger partial charge in [-0.25, -0.2) is 0 Å². The summed E-state index contributed by atoms with van der Waals surface area (Å²) in [6.07, 6.45) is 0.896. The summed E-state index contributed by atoms with van der Waals surface area (Å²) in [5.74, 6) is 0.382. The van der Waals surface area contributed by atoms with Crippen LogP contribution in [0.2, 0.25) is 5.02 Å². The summed E-state index contributed by atoms with van der Waals surface area (Å²) in [5.41, 5.74) is 6.06. The zero-order valence-electron chi connectivity index (χ0n) is 36.3. The maximum atomic E-state index is 13.5. The van der Waals surface area contributed by atoms with Gasteiger partial charge in [0.25, 0.3) is 11.8 Å². The zero-order chi connectivity index (χ0) is 45.6. The third-order valence-electron chi connectivity index (χ3n) is 11.3. The van der Waals surface area contributed by atoms with E-state index in [-0.39, 0.29) is 23.5 Å². The monoisotopic (exact) mass is 920 g/mol. The summed E-state index contributed by atoms with van der Waals surface area (Å²) in [6, 6.07) is 18.3. The lowest BCUT2D eigenvalue weighted by atomic mass is 9.99. The van der Waals surface area contributed by atoms with Crippen LogP contribution in [0, 0.1) is 20.8 Å². The van der Waals surface area contributed by atoms with Gasteiger partial charge in [-0.05, 0) is 87.7 Å². The minimum absolute atomic E-state index is 0.0547. The van der Waals surface area contributed by atoms with Crippen LogP contribution in [0.3, 0.4) is 0 Å². The van der Waals surface area contributed by atoms with Gasteiger partial charge in [-0.1, -0.05) is 36.4 Å². The first-order chi connectivity index (χ1) is 31.5. The van der Waals surface area contributed by atoms with Gasteiger partial charge in [0.2, 0.25) is 11.8 Å². The molecule has 18 heteroatoms. The second-order valence-corrected chi connectivity index (χ2v) is 17.3. The van der Waals surface area contributed by atoms with Crippen molar-refractivity contribution < 1.29 is 38.1 Å². The number of halogens is 1. The van der Waals surface area contributed by atoms with Gasteiger partial charge in [0, 0.05) is 44.6 Å². The molecule has 1 fully saturated rings. The van der Waals surface area contributed by atoms with Gasteiger partial charge in [-0.15, -0.1) is 21.5 Å². The van der Waals surface area contributed by atoms with Crippen molar-refractivity contribution in [1.82, 2.24) is 25.0 Å². The molecule has 0 spiro atoms. The molecule has 338 valence electrons. The van der Waals surface area contributed by atoms with Crippen LogP contribution < -0.4 is 20.7 Å². The first kappa shape index (κ1) is 45.3. The highest BCUT2D eigenvalue weighted by Crippen LogP contribution is 2.40. The Hall–Kier alpha value is -6.24. The van der Waals surface area contributed by atoms with E-state index in [1.165, 1.54) is 4.88 Å². The number of piperidine rings is 1. The molecule has 3 aliphatic heterocycles. The molecule has 0 saturated carbocycles. The van der Waals surface area contributed by atoms with E-state index >= 15 is 0 Å². The summed E-state index contributed by atoms with van der Waals surface area (Å²) in [5, 5.41) is 19.3. The molecule has 3 aromatic carbocycles. The molecule has 3 aliphatic rings. The molecule has 1 unspecified atom stereocenters. The molecule has 8 rings (SSSR count). The Labute approximate surface area is 385 Å². The molecule has 5 aromatic rings. The van der Waals surface area contributed by atoms with Gasteiger partial charge in [-0.2, -0.15) is 0 Å². The molecule has 0 radical (unpaired) electrons. The number of aliphatic imine (C=N–C) groups is 1. The molecule has 0 bridgehead atoms. The van der Waals surface area contributed by atoms with Crippen molar-refractivity contribution in [3.8, 4) is 10.8 Å². The van der Waals surface area contributed by atoms with Crippen molar-refractivity contribution in [2.75, 3.05) is 63.4 Å². The molecule has 3 N–H and O–H groups in total. The number of anilines is 2. The number of hydrogen-bond acceptors (Lipinski definition) is 13. The number of nitrogens with one attached hydrogen (secondary N) is 3. The van der Waals surface area contributed by atoms with E-state index in [2.05, 4.69) is 46.6 Å². The second kappa shape index (κ2) is 20.3. The summed E-state index contributed by atoms with van der Waals surface area (Å²) in [6.45, 7) is 12.8. The highest BCUT2D eigenvalue weighted by Gasteiger charge is 2.45. The molecule has 1 saturated heterocycles. The smallest absolute Gasteiger partial charge is 0.264 e. The molecule has 2 atom stereocenters. The maximum Gasteiger partial charge on any atom is 0.264 e. The van der Waals surface area contributed by atoms with Crippen molar-refractivity contribution >= 4 is 63.7 Å². The largest absolute Gasteiger partial charge is 0.491 e. The van der Waals surface area contributed by atoms with E-state index in [4.69, 9.17) is 35.5 Å². The Balaban J connectivity index is 0.716. The van der Waals surface area contributed by atoms with Crippen LogP contribution in [0.5, 0.6) is 5.75 Å². The van der Waals surface area contributed by atoms with Crippen molar-refractivity contribution in [3.63, 3.8) is 0 Å². The fraction of sp³-hybridized carbons (Fsp3) is 0.340. The first-order valence-electron chi connectivity index (χ1n) is 21.3. The number of hydrogen-bond donors (Lipinski definition) is 3. The zero-order valence-corrected chi connectivity index (χ0v) is 37.9. The molecule has 5 heterocycles. The summed E-state index contributed by atoms with van der Waals surface area (Å²) >= 11 is 7.90. The number of ether oxygens (including phenoxy) is 4. The highest BCUT2D eigenvalue weighted by atomic mass is 35.5. The summed E-state index contributed by atoms with van der Waals surface area (Å²) in [7, 11) is 0. The minimum atomic E-state index is -0.866. The Kier molecular flexibility index (Phi) is 14.2. The number of amides is 4. The Morgan fingerprint density at radius 2 is 1.58 bits per heavy atom. The summed E-state index contributed by atoms with van der Waals surface area (Å²) < 4.78 is 24.8. The van der Waals surface area contributed by atoms with Gasteiger partial charge < -0.3 is 34.9 Å². The van der Waals surface area contributed by atoms with Crippen LogP contribution in [0.25, 0.3) is 5.00 Å². The van der Waals surface area contributed by atoms with Crippen molar-refractivity contribution in [2.24, 2.45) is 4.99 Å². The Morgan fingerprint density at radius 3 is 2.31 bits per heavy atom. The number of fused-ring (bicyclic) bond motifs is 4. The number of carbonyl (C=O) groups excluding carboxylic acids is 4. The lowest BCUT2D eigenvalue weighted by molar-refractivity contribution is -0.125. The first-order valence-corrected chi connectivity index (χ1v) is 22.5. The SMILES string of the molecule is C=C1CCC(N2C(=O)c3cccc(NCCOCCOCCOCCOc4ccc(NC(=O)C[C@@H]5N=C(c6ccc(Cl)cc6)c6c(sc(C)c6C)-n6c(C)nnc65)cc4)c3C2=O)C(=O)N1. The fourth-order valence-corrected chi connectivity index (χ4v) is 9.25. The van der Waals surface area contributed by atoms with Crippen molar-refractivity contribution in [3.05, 3.63) is 128 Å². The molecule has 4 amide bonds. The number of nitrogens with zero attached hydrogens (tertiary/aromatic N) is 5. The number of aromatic nitrogens is 3.